The molecule has 0 aliphatic carbocycles. The van der Waals surface area contributed by atoms with Crippen LogP contribution in [0.15, 0.2) is 59.4 Å². The first-order valence-electron chi connectivity index (χ1n) is 7.55. The van der Waals surface area contributed by atoms with Crippen LogP contribution in [0.5, 0.6) is 0 Å². The van der Waals surface area contributed by atoms with Crippen LogP contribution in [0, 0.1) is 0 Å². The van der Waals surface area contributed by atoms with Crippen molar-refractivity contribution in [1.82, 2.24) is 15.1 Å². The summed E-state index contributed by atoms with van der Waals surface area (Å²) in [5.41, 5.74) is 2.99. The first-order chi connectivity index (χ1) is 12.2. The fourth-order valence-electron chi connectivity index (χ4n) is 2.54. The lowest BCUT2D eigenvalue weighted by Gasteiger charge is -2.07. The molecular formula is C18H12Cl2N4O. The van der Waals surface area contributed by atoms with Crippen LogP contribution >= 0.6 is 23.2 Å². The van der Waals surface area contributed by atoms with Gasteiger partial charge in [-0.25, -0.2) is 4.98 Å². The van der Waals surface area contributed by atoms with Gasteiger partial charge in [-0.3, -0.25) is 0 Å². The normalized spacial score (nSPS) is 11.0. The third-order valence-corrected chi connectivity index (χ3v) is 4.23. The fraction of sp³-hybridized carbons (Fsp3) is 0.0556. The van der Waals surface area contributed by atoms with Gasteiger partial charge in [-0.15, -0.1) is 0 Å². The maximum Gasteiger partial charge on any atom is 0.263 e. The first kappa shape index (κ1) is 15.9. The molecule has 2 aromatic carbocycles. The number of halogens is 2. The van der Waals surface area contributed by atoms with Crippen molar-refractivity contribution in [2.45, 2.75) is 6.54 Å². The van der Waals surface area contributed by atoms with E-state index in [0.29, 0.717) is 33.8 Å². The molecule has 0 saturated heterocycles. The molecule has 0 saturated carbocycles. The molecule has 4 aromatic rings. The van der Waals surface area contributed by atoms with Crippen molar-refractivity contribution in [2.24, 2.45) is 0 Å². The SMILES string of the molecule is Clc1ccc(CNc2ncnc3onc(-c4cccc(Cl)c4)c23)cc1. The van der Waals surface area contributed by atoms with Crippen LogP contribution in [-0.4, -0.2) is 15.1 Å². The number of nitrogens with zero attached hydrogens (tertiary/aromatic N) is 3. The van der Waals surface area contributed by atoms with Gasteiger partial charge in [-0.2, -0.15) is 4.98 Å². The molecule has 25 heavy (non-hydrogen) atoms. The molecule has 0 unspecified atom stereocenters. The van der Waals surface area contributed by atoms with Crippen LogP contribution in [0.3, 0.4) is 0 Å². The molecule has 7 heteroatoms. The first-order valence-corrected chi connectivity index (χ1v) is 8.31. The van der Waals surface area contributed by atoms with Crippen LogP contribution in [-0.2, 0) is 6.54 Å². The van der Waals surface area contributed by atoms with Crippen molar-refractivity contribution in [3.63, 3.8) is 0 Å². The molecule has 0 fully saturated rings. The smallest absolute Gasteiger partial charge is 0.263 e. The molecular weight excluding hydrogens is 359 g/mol. The molecule has 0 atom stereocenters. The third-order valence-electron chi connectivity index (χ3n) is 3.74. The molecule has 124 valence electrons. The highest BCUT2D eigenvalue weighted by Crippen LogP contribution is 2.32. The molecule has 1 N–H and O–H groups in total. The van der Waals surface area contributed by atoms with Gasteiger partial charge in [0.25, 0.3) is 5.71 Å². The lowest BCUT2D eigenvalue weighted by molar-refractivity contribution is 0.451. The molecule has 0 aliphatic heterocycles. The summed E-state index contributed by atoms with van der Waals surface area (Å²) in [6.45, 7) is 0.587. The van der Waals surface area contributed by atoms with E-state index in [1.807, 2.05) is 48.5 Å². The van der Waals surface area contributed by atoms with Crippen LogP contribution in [0.2, 0.25) is 10.0 Å². The molecule has 0 aliphatic rings. The number of anilines is 1. The summed E-state index contributed by atoms with van der Waals surface area (Å²) in [7, 11) is 0. The van der Waals surface area contributed by atoms with Crippen molar-refractivity contribution >= 4 is 40.1 Å². The molecule has 0 bridgehead atoms. The molecule has 0 radical (unpaired) electrons. The van der Waals surface area contributed by atoms with Gasteiger partial charge in [0.1, 0.15) is 23.2 Å². The van der Waals surface area contributed by atoms with Crippen LogP contribution in [0.1, 0.15) is 5.56 Å². The largest absolute Gasteiger partial charge is 0.365 e. The zero-order valence-electron chi connectivity index (χ0n) is 12.9. The van der Waals surface area contributed by atoms with E-state index < -0.39 is 0 Å². The molecule has 0 spiro atoms. The number of aromatic nitrogens is 3. The standard InChI is InChI=1S/C18H12Cl2N4O/c19-13-6-4-11(5-7-13)9-21-17-15-16(12-2-1-3-14(20)8-12)24-25-18(15)23-10-22-17/h1-8,10H,9H2,(H,21,22,23). The minimum atomic E-state index is 0.420. The Kier molecular flexibility index (Phi) is 4.26. The number of nitrogens with one attached hydrogen (secondary N) is 1. The summed E-state index contributed by atoms with van der Waals surface area (Å²) in [6.07, 6.45) is 1.44. The summed E-state index contributed by atoms with van der Waals surface area (Å²) in [4.78, 5) is 8.49. The Morgan fingerprint density at radius 3 is 2.60 bits per heavy atom. The summed E-state index contributed by atoms with van der Waals surface area (Å²) in [5, 5.41) is 9.50. The summed E-state index contributed by atoms with van der Waals surface area (Å²) in [6, 6.07) is 15.0. The van der Waals surface area contributed by atoms with Crippen molar-refractivity contribution in [3.8, 4) is 11.3 Å². The Morgan fingerprint density at radius 2 is 1.80 bits per heavy atom. The topological polar surface area (TPSA) is 63.8 Å². The van der Waals surface area contributed by atoms with Gasteiger partial charge in [0, 0.05) is 22.2 Å². The van der Waals surface area contributed by atoms with Crippen molar-refractivity contribution in [3.05, 3.63) is 70.5 Å². The maximum atomic E-state index is 6.09. The molecule has 5 nitrogen and oxygen atoms in total. The van der Waals surface area contributed by atoms with E-state index in [9.17, 15) is 0 Å². The van der Waals surface area contributed by atoms with E-state index in [0.717, 1.165) is 16.5 Å². The van der Waals surface area contributed by atoms with Gasteiger partial charge >= 0.3 is 0 Å². The minimum absolute atomic E-state index is 0.420. The monoisotopic (exact) mass is 370 g/mol. The number of rotatable bonds is 4. The van der Waals surface area contributed by atoms with Gasteiger partial charge in [-0.05, 0) is 29.8 Å². The number of hydrogen-bond acceptors (Lipinski definition) is 5. The third kappa shape index (κ3) is 3.29. The lowest BCUT2D eigenvalue weighted by atomic mass is 10.1. The van der Waals surface area contributed by atoms with Crippen LogP contribution in [0.25, 0.3) is 22.4 Å². The number of benzene rings is 2. The second-order valence-electron chi connectivity index (χ2n) is 5.42. The van der Waals surface area contributed by atoms with Crippen molar-refractivity contribution in [1.29, 1.82) is 0 Å². The molecule has 2 heterocycles. The number of hydrogen-bond donors (Lipinski definition) is 1. The van der Waals surface area contributed by atoms with Crippen LogP contribution in [0.4, 0.5) is 5.82 Å². The Balaban J connectivity index is 1.71. The van der Waals surface area contributed by atoms with Gasteiger partial charge < -0.3 is 9.84 Å². The average molecular weight is 371 g/mol. The summed E-state index contributed by atoms with van der Waals surface area (Å²) < 4.78 is 5.35. The van der Waals surface area contributed by atoms with E-state index in [1.165, 1.54) is 6.33 Å². The molecule has 4 rings (SSSR count). The van der Waals surface area contributed by atoms with E-state index in [1.54, 1.807) is 0 Å². The fourth-order valence-corrected chi connectivity index (χ4v) is 2.86. The minimum Gasteiger partial charge on any atom is -0.365 e. The van der Waals surface area contributed by atoms with E-state index in [-0.39, 0.29) is 0 Å². The highest BCUT2D eigenvalue weighted by Gasteiger charge is 2.16. The van der Waals surface area contributed by atoms with Crippen LogP contribution < -0.4 is 5.32 Å². The lowest BCUT2D eigenvalue weighted by Crippen LogP contribution is -2.02. The Labute approximate surface area is 153 Å². The van der Waals surface area contributed by atoms with Gasteiger partial charge in [0.05, 0.1) is 0 Å². The number of fused-ring (bicyclic) bond motifs is 1. The van der Waals surface area contributed by atoms with E-state index >= 15 is 0 Å². The predicted molar refractivity (Wildman–Crippen MR) is 98.8 cm³/mol. The van der Waals surface area contributed by atoms with Crippen molar-refractivity contribution < 1.29 is 4.52 Å². The highest BCUT2D eigenvalue weighted by molar-refractivity contribution is 6.31. The Hall–Kier alpha value is -2.63. The predicted octanol–water partition coefficient (Wildman–Crippen LogP) is 5.20. The zero-order valence-corrected chi connectivity index (χ0v) is 14.4. The molecule has 0 amide bonds. The highest BCUT2D eigenvalue weighted by atomic mass is 35.5. The zero-order chi connectivity index (χ0) is 17.2. The maximum absolute atomic E-state index is 6.09. The average Bonchev–Trinajstić information content (AvgIpc) is 3.06. The Bertz CT molecular complexity index is 1030. The summed E-state index contributed by atoms with van der Waals surface area (Å²) in [5.74, 6) is 0.649. The quantitative estimate of drug-likeness (QED) is 0.534. The van der Waals surface area contributed by atoms with Gasteiger partial charge in [-0.1, -0.05) is 52.6 Å². The van der Waals surface area contributed by atoms with Gasteiger partial charge in [0.15, 0.2) is 0 Å². The van der Waals surface area contributed by atoms with Gasteiger partial charge in [0.2, 0.25) is 0 Å². The summed E-state index contributed by atoms with van der Waals surface area (Å²) >= 11 is 12.0. The van der Waals surface area contributed by atoms with Crippen molar-refractivity contribution in [2.75, 3.05) is 5.32 Å². The molecule has 2 aromatic heterocycles. The van der Waals surface area contributed by atoms with E-state index in [2.05, 4.69) is 20.4 Å². The van der Waals surface area contributed by atoms with E-state index in [4.69, 9.17) is 27.7 Å². The second-order valence-corrected chi connectivity index (χ2v) is 6.30. The second kappa shape index (κ2) is 6.70. The Morgan fingerprint density at radius 1 is 0.960 bits per heavy atom.